The summed E-state index contributed by atoms with van der Waals surface area (Å²) in [5, 5.41) is 12.9. The predicted octanol–water partition coefficient (Wildman–Crippen LogP) is 3.49. The second-order valence-corrected chi connectivity index (χ2v) is 6.83. The van der Waals surface area contributed by atoms with E-state index in [4.69, 9.17) is 0 Å². The molecule has 2 heterocycles. The lowest BCUT2D eigenvalue weighted by atomic mass is 9.90. The highest BCUT2D eigenvalue weighted by Crippen LogP contribution is 2.35. The van der Waals surface area contributed by atoms with Gasteiger partial charge < -0.3 is 5.11 Å². The zero-order chi connectivity index (χ0) is 14.8. The predicted molar refractivity (Wildman–Crippen MR) is 81.1 cm³/mol. The van der Waals surface area contributed by atoms with Crippen LogP contribution < -0.4 is 0 Å². The van der Waals surface area contributed by atoms with Crippen LogP contribution >= 0.6 is 11.3 Å². The summed E-state index contributed by atoms with van der Waals surface area (Å²) in [7, 11) is 0. The van der Waals surface area contributed by atoms with E-state index in [-0.39, 0.29) is 0 Å². The third kappa shape index (κ3) is 2.88. The number of hydrogen-bond donors (Lipinski definition) is 1. The lowest BCUT2D eigenvalue weighted by molar-refractivity contribution is -0.150. The lowest BCUT2D eigenvalue weighted by Crippen LogP contribution is -2.50. The molecule has 4 nitrogen and oxygen atoms in total. The highest BCUT2D eigenvalue weighted by Gasteiger charge is 2.46. The van der Waals surface area contributed by atoms with Crippen LogP contribution in [0, 0.1) is 0 Å². The normalized spacial score (nSPS) is 23.6. The van der Waals surface area contributed by atoms with Gasteiger partial charge in [-0.1, -0.05) is 27.2 Å². The molecule has 0 radical (unpaired) electrons. The molecule has 1 saturated heterocycles. The minimum atomic E-state index is -0.670. The molecule has 20 heavy (non-hydrogen) atoms. The number of aliphatic carboxylic acids is 1. The fourth-order valence-electron chi connectivity index (χ4n) is 3.07. The van der Waals surface area contributed by atoms with Gasteiger partial charge in [0, 0.05) is 17.8 Å². The molecule has 5 heteroatoms. The summed E-state index contributed by atoms with van der Waals surface area (Å²) in [6.45, 7) is 7.85. The number of likely N-dealkylation sites (tertiary alicyclic amines) is 1. The monoisotopic (exact) mass is 296 g/mol. The van der Waals surface area contributed by atoms with Gasteiger partial charge in [-0.25, -0.2) is 4.98 Å². The molecule has 2 rings (SSSR count). The SMILES string of the molecule is CCCC1(C(=O)O)CCCN1Cc1csc(C(C)C)n1. The van der Waals surface area contributed by atoms with Gasteiger partial charge in [0.2, 0.25) is 0 Å². The van der Waals surface area contributed by atoms with Crippen molar-refractivity contribution in [2.24, 2.45) is 0 Å². The van der Waals surface area contributed by atoms with Crippen LogP contribution in [0.2, 0.25) is 0 Å². The molecule has 1 aliphatic rings. The molecule has 0 bridgehead atoms. The van der Waals surface area contributed by atoms with E-state index in [1.807, 2.05) is 0 Å². The fourth-order valence-corrected chi connectivity index (χ4v) is 3.89. The molecule has 1 fully saturated rings. The second kappa shape index (κ2) is 6.22. The molecule has 0 aromatic carbocycles. The van der Waals surface area contributed by atoms with Crippen LogP contribution in [-0.2, 0) is 11.3 Å². The Labute approximate surface area is 124 Å². The highest BCUT2D eigenvalue weighted by molar-refractivity contribution is 7.09. The van der Waals surface area contributed by atoms with E-state index < -0.39 is 11.5 Å². The summed E-state index contributed by atoms with van der Waals surface area (Å²) in [5.41, 5.74) is 0.346. The molecule has 0 saturated carbocycles. The maximum absolute atomic E-state index is 11.8. The Morgan fingerprint density at radius 1 is 1.60 bits per heavy atom. The van der Waals surface area contributed by atoms with E-state index in [2.05, 4.69) is 36.0 Å². The summed E-state index contributed by atoms with van der Waals surface area (Å²) in [4.78, 5) is 18.5. The molecule has 0 amide bonds. The van der Waals surface area contributed by atoms with Gasteiger partial charge in [0.05, 0.1) is 10.7 Å². The van der Waals surface area contributed by atoms with Crippen molar-refractivity contribution < 1.29 is 9.90 Å². The number of nitrogens with zero attached hydrogens (tertiary/aromatic N) is 2. The maximum Gasteiger partial charge on any atom is 0.324 e. The van der Waals surface area contributed by atoms with Crippen LogP contribution in [0.15, 0.2) is 5.38 Å². The lowest BCUT2D eigenvalue weighted by Gasteiger charge is -2.34. The zero-order valence-corrected chi connectivity index (χ0v) is 13.4. The third-order valence-corrected chi connectivity index (χ3v) is 5.30. The fraction of sp³-hybridized carbons (Fsp3) is 0.733. The van der Waals surface area contributed by atoms with Crippen molar-refractivity contribution in [2.45, 2.75) is 64.5 Å². The van der Waals surface area contributed by atoms with Crippen LogP contribution in [0.3, 0.4) is 0 Å². The first-order valence-electron chi connectivity index (χ1n) is 7.42. The number of aromatic nitrogens is 1. The summed E-state index contributed by atoms with van der Waals surface area (Å²) >= 11 is 1.68. The Bertz CT molecular complexity index is 472. The third-order valence-electron chi connectivity index (χ3n) is 4.10. The van der Waals surface area contributed by atoms with Crippen molar-refractivity contribution in [1.29, 1.82) is 0 Å². The number of thiazole rings is 1. The van der Waals surface area contributed by atoms with E-state index >= 15 is 0 Å². The van der Waals surface area contributed by atoms with Crippen molar-refractivity contribution in [1.82, 2.24) is 9.88 Å². The first-order valence-corrected chi connectivity index (χ1v) is 8.30. The van der Waals surface area contributed by atoms with Gasteiger partial charge in [0.15, 0.2) is 0 Å². The van der Waals surface area contributed by atoms with Crippen molar-refractivity contribution in [3.8, 4) is 0 Å². The van der Waals surface area contributed by atoms with E-state index in [9.17, 15) is 9.90 Å². The minimum absolute atomic E-state index is 0.437. The summed E-state index contributed by atoms with van der Waals surface area (Å²) in [6.07, 6.45) is 3.35. The Morgan fingerprint density at radius 3 is 2.90 bits per heavy atom. The van der Waals surface area contributed by atoms with Gasteiger partial charge in [0.1, 0.15) is 5.54 Å². The smallest absolute Gasteiger partial charge is 0.324 e. The summed E-state index contributed by atoms with van der Waals surface area (Å²) in [5.74, 6) is -0.233. The van der Waals surface area contributed by atoms with Gasteiger partial charge in [-0.15, -0.1) is 11.3 Å². The van der Waals surface area contributed by atoms with E-state index in [1.54, 1.807) is 11.3 Å². The minimum Gasteiger partial charge on any atom is -0.480 e. The van der Waals surface area contributed by atoms with Crippen molar-refractivity contribution >= 4 is 17.3 Å². The van der Waals surface area contributed by atoms with Crippen LogP contribution in [-0.4, -0.2) is 33.0 Å². The van der Waals surface area contributed by atoms with Gasteiger partial charge in [-0.05, 0) is 25.8 Å². The topological polar surface area (TPSA) is 53.4 Å². The average molecular weight is 296 g/mol. The van der Waals surface area contributed by atoms with Crippen LogP contribution in [0.5, 0.6) is 0 Å². The first-order chi connectivity index (χ1) is 9.49. The maximum atomic E-state index is 11.8. The summed E-state index contributed by atoms with van der Waals surface area (Å²) in [6, 6.07) is 0. The number of rotatable bonds is 6. The van der Waals surface area contributed by atoms with E-state index in [1.165, 1.54) is 0 Å². The quantitative estimate of drug-likeness (QED) is 0.873. The molecule has 1 unspecified atom stereocenters. The van der Waals surface area contributed by atoms with Gasteiger partial charge in [-0.2, -0.15) is 0 Å². The molecule has 0 aliphatic carbocycles. The van der Waals surface area contributed by atoms with Crippen molar-refractivity contribution in [3.05, 3.63) is 16.1 Å². The number of carbonyl (C=O) groups is 1. The van der Waals surface area contributed by atoms with Crippen molar-refractivity contribution in [2.75, 3.05) is 6.54 Å². The summed E-state index contributed by atoms with van der Waals surface area (Å²) < 4.78 is 0. The van der Waals surface area contributed by atoms with Gasteiger partial charge in [0.25, 0.3) is 0 Å². The van der Waals surface area contributed by atoms with Gasteiger partial charge >= 0.3 is 5.97 Å². The van der Waals surface area contributed by atoms with Crippen LogP contribution in [0.25, 0.3) is 0 Å². The Morgan fingerprint density at radius 2 is 2.35 bits per heavy atom. The van der Waals surface area contributed by atoms with E-state index in [0.29, 0.717) is 12.5 Å². The molecule has 1 aliphatic heterocycles. The van der Waals surface area contributed by atoms with Crippen molar-refractivity contribution in [3.63, 3.8) is 0 Å². The molecular weight excluding hydrogens is 272 g/mol. The van der Waals surface area contributed by atoms with Gasteiger partial charge in [-0.3, -0.25) is 9.69 Å². The average Bonchev–Trinajstić information content (AvgIpc) is 2.99. The van der Waals surface area contributed by atoms with Crippen LogP contribution in [0.4, 0.5) is 0 Å². The number of hydrogen-bond acceptors (Lipinski definition) is 4. The molecule has 0 spiro atoms. The van der Waals surface area contributed by atoms with Crippen LogP contribution in [0.1, 0.15) is 63.1 Å². The highest BCUT2D eigenvalue weighted by atomic mass is 32.1. The molecule has 1 atom stereocenters. The number of carboxylic acids is 1. The van der Waals surface area contributed by atoms with E-state index in [0.717, 1.165) is 42.9 Å². The number of carboxylic acid groups (broad SMARTS) is 1. The largest absolute Gasteiger partial charge is 0.480 e. The first kappa shape index (κ1) is 15.4. The molecule has 1 aromatic heterocycles. The molecule has 1 N–H and O–H groups in total. The Kier molecular flexibility index (Phi) is 4.81. The molecule has 1 aromatic rings. The second-order valence-electron chi connectivity index (χ2n) is 5.94. The molecular formula is C15H24N2O2S. The zero-order valence-electron chi connectivity index (χ0n) is 12.6. The molecule has 112 valence electrons. The Hall–Kier alpha value is -0.940. The Balaban J connectivity index is 2.15. The standard InChI is InChI=1S/C15H24N2O2S/c1-4-6-15(14(18)19)7-5-8-17(15)9-12-10-20-13(16-12)11(2)3/h10-11H,4-9H2,1-3H3,(H,18,19).